The summed E-state index contributed by atoms with van der Waals surface area (Å²) in [5.41, 5.74) is 20.1. The predicted octanol–water partition coefficient (Wildman–Crippen LogP) is 13.2. The molecule has 0 unspecified atom stereocenters. The van der Waals surface area contributed by atoms with E-state index < -0.39 is 0 Å². The van der Waals surface area contributed by atoms with Gasteiger partial charge in [-0.15, -0.1) is 0 Å². The molecule has 2 aliphatic rings. The van der Waals surface area contributed by atoms with Gasteiger partial charge in [0.15, 0.2) is 5.82 Å². The highest BCUT2D eigenvalue weighted by Gasteiger charge is 2.51. The van der Waals surface area contributed by atoms with Gasteiger partial charge in [0.1, 0.15) is 0 Å². The number of fused-ring (bicyclic) bond motifs is 10. The fourth-order valence-corrected chi connectivity index (χ4v) is 9.13. The van der Waals surface area contributed by atoms with Crippen molar-refractivity contribution in [1.82, 2.24) is 9.97 Å². The lowest BCUT2D eigenvalue weighted by Gasteiger charge is -2.30. The van der Waals surface area contributed by atoms with Crippen LogP contribution in [-0.4, -0.2) is 9.97 Å². The lowest BCUT2D eigenvalue weighted by molar-refractivity contribution is 0.794. The minimum atomic E-state index is -0.344. The van der Waals surface area contributed by atoms with Crippen molar-refractivity contribution in [3.63, 3.8) is 0 Å². The van der Waals surface area contributed by atoms with Gasteiger partial charge in [0.05, 0.1) is 16.8 Å². The zero-order chi connectivity index (χ0) is 36.3. The molecular formula is C53H34N2. The summed E-state index contributed by atoms with van der Waals surface area (Å²) in [4.78, 5) is 10.1. The number of benzene rings is 8. The Hall–Kier alpha value is -7.16. The third kappa shape index (κ3) is 4.82. The zero-order valence-electron chi connectivity index (χ0n) is 30.0. The van der Waals surface area contributed by atoms with E-state index in [1.165, 1.54) is 61.2 Å². The van der Waals surface area contributed by atoms with Crippen LogP contribution in [0, 0.1) is 0 Å². The van der Waals surface area contributed by atoms with Crippen LogP contribution in [0.4, 0.5) is 0 Å². The molecule has 0 atom stereocenters. The first kappa shape index (κ1) is 31.4. The van der Waals surface area contributed by atoms with E-state index in [0.717, 1.165) is 33.6 Å². The van der Waals surface area contributed by atoms with Crippen molar-refractivity contribution >= 4 is 0 Å². The molecule has 0 N–H and O–H groups in total. The van der Waals surface area contributed by atoms with Crippen LogP contribution >= 0.6 is 0 Å². The van der Waals surface area contributed by atoms with Gasteiger partial charge >= 0.3 is 0 Å². The van der Waals surface area contributed by atoms with Crippen LogP contribution in [-0.2, 0) is 5.41 Å². The molecule has 0 saturated heterocycles. The molecule has 0 fully saturated rings. The summed E-state index contributed by atoms with van der Waals surface area (Å²) in [6.07, 6.45) is 0. The largest absolute Gasteiger partial charge is 0.228 e. The van der Waals surface area contributed by atoms with Crippen LogP contribution in [0.1, 0.15) is 22.3 Å². The quantitative estimate of drug-likeness (QED) is 0.179. The summed E-state index contributed by atoms with van der Waals surface area (Å²) in [5, 5.41) is 0. The van der Waals surface area contributed by atoms with Gasteiger partial charge in [-0.2, -0.15) is 0 Å². The number of aromatic nitrogens is 2. The minimum absolute atomic E-state index is 0.344. The first-order chi connectivity index (χ1) is 27.3. The topological polar surface area (TPSA) is 25.8 Å². The SMILES string of the molecule is c1ccc(-c2cc(-c3ccccc3)nc(-c3ccc(-c4ccc(-c5cccc6c5-c5ccccc5C65c6ccccc6-c6ccccc65)cc4)cc3)n2)cc1. The standard InChI is InChI=1S/C53H34N2/c1-3-14-38(15-4-1)49-34-50(39-16-5-2-6-17-39)55-52(54-49)40-32-28-36(29-33-40)35-26-30-37(31-27-35)41-21-13-25-48-51(41)44-20-9-12-24-47(44)53(48)45-22-10-7-18-42(45)43-19-8-11-23-46(43)53/h1-34H. The average Bonchev–Trinajstić information content (AvgIpc) is 3.75. The van der Waals surface area contributed by atoms with Gasteiger partial charge < -0.3 is 0 Å². The highest BCUT2D eigenvalue weighted by atomic mass is 14.9. The van der Waals surface area contributed by atoms with Gasteiger partial charge in [0.2, 0.25) is 0 Å². The van der Waals surface area contributed by atoms with Crippen molar-refractivity contribution in [3.05, 3.63) is 229 Å². The molecule has 0 radical (unpaired) electrons. The maximum absolute atomic E-state index is 5.03. The van der Waals surface area contributed by atoms with Crippen molar-refractivity contribution in [2.24, 2.45) is 0 Å². The molecule has 0 bridgehead atoms. The van der Waals surface area contributed by atoms with E-state index in [0.29, 0.717) is 5.82 Å². The van der Waals surface area contributed by atoms with Crippen LogP contribution in [0.3, 0.4) is 0 Å². The van der Waals surface area contributed by atoms with Crippen LogP contribution in [0.5, 0.6) is 0 Å². The second kappa shape index (κ2) is 12.5. The molecule has 0 amide bonds. The molecule has 55 heavy (non-hydrogen) atoms. The molecule has 2 aliphatic carbocycles. The number of hydrogen-bond acceptors (Lipinski definition) is 2. The Labute approximate surface area is 321 Å². The van der Waals surface area contributed by atoms with E-state index in [1.807, 2.05) is 36.4 Å². The zero-order valence-corrected chi connectivity index (χ0v) is 30.0. The summed E-state index contributed by atoms with van der Waals surface area (Å²) >= 11 is 0. The Bertz CT molecular complexity index is 2790. The van der Waals surface area contributed by atoms with Gasteiger partial charge in [-0.3, -0.25) is 0 Å². The average molecular weight is 699 g/mol. The molecule has 2 nitrogen and oxygen atoms in total. The molecule has 0 saturated carbocycles. The fourth-order valence-electron chi connectivity index (χ4n) is 9.13. The van der Waals surface area contributed by atoms with Gasteiger partial charge in [0.25, 0.3) is 0 Å². The van der Waals surface area contributed by atoms with Crippen molar-refractivity contribution in [1.29, 1.82) is 0 Å². The van der Waals surface area contributed by atoms with E-state index in [9.17, 15) is 0 Å². The van der Waals surface area contributed by atoms with E-state index in [1.54, 1.807) is 0 Å². The Morgan fingerprint density at radius 1 is 0.273 bits per heavy atom. The van der Waals surface area contributed by atoms with Crippen LogP contribution in [0.25, 0.3) is 78.4 Å². The monoisotopic (exact) mass is 698 g/mol. The Balaban J connectivity index is 0.968. The molecule has 1 spiro atoms. The second-order valence-electron chi connectivity index (χ2n) is 14.5. The van der Waals surface area contributed by atoms with Crippen LogP contribution in [0.2, 0.25) is 0 Å². The Morgan fingerprint density at radius 2 is 0.673 bits per heavy atom. The smallest absolute Gasteiger partial charge is 0.160 e. The third-order valence-corrected chi connectivity index (χ3v) is 11.6. The molecule has 2 heteroatoms. The summed E-state index contributed by atoms with van der Waals surface area (Å²) in [7, 11) is 0. The number of hydrogen-bond donors (Lipinski definition) is 0. The number of nitrogens with zero attached hydrogens (tertiary/aromatic N) is 2. The molecule has 8 aromatic carbocycles. The van der Waals surface area contributed by atoms with Crippen LogP contribution < -0.4 is 0 Å². The van der Waals surface area contributed by atoms with E-state index >= 15 is 0 Å². The lowest BCUT2D eigenvalue weighted by atomic mass is 9.70. The fraction of sp³-hybridized carbons (Fsp3) is 0.0189. The first-order valence-corrected chi connectivity index (χ1v) is 18.9. The van der Waals surface area contributed by atoms with E-state index in [-0.39, 0.29) is 5.41 Å². The molecule has 1 aromatic heterocycles. The minimum Gasteiger partial charge on any atom is -0.228 e. The third-order valence-electron chi connectivity index (χ3n) is 11.6. The highest BCUT2D eigenvalue weighted by molar-refractivity contribution is 6.00. The Kier molecular flexibility index (Phi) is 7.11. The second-order valence-corrected chi connectivity index (χ2v) is 14.5. The maximum Gasteiger partial charge on any atom is 0.160 e. The van der Waals surface area contributed by atoms with Gasteiger partial charge in [-0.25, -0.2) is 9.97 Å². The summed E-state index contributed by atoms with van der Waals surface area (Å²) < 4.78 is 0. The highest BCUT2D eigenvalue weighted by Crippen LogP contribution is 2.63. The molecular weight excluding hydrogens is 665 g/mol. The summed E-state index contributed by atoms with van der Waals surface area (Å²) in [5.74, 6) is 0.714. The Morgan fingerprint density at radius 3 is 1.22 bits per heavy atom. The van der Waals surface area contributed by atoms with Crippen molar-refractivity contribution in [3.8, 4) is 78.4 Å². The normalized spacial score (nSPS) is 12.9. The molecule has 11 rings (SSSR count). The molecule has 9 aromatic rings. The predicted molar refractivity (Wildman–Crippen MR) is 226 cm³/mol. The lowest BCUT2D eigenvalue weighted by Crippen LogP contribution is -2.25. The van der Waals surface area contributed by atoms with Gasteiger partial charge in [-0.1, -0.05) is 200 Å². The molecule has 0 aliphatic heterocycles. The molecule has 256 valence electrons. The van der Waals surface area contributed by atoms with Gasteiger partial charge in [0, 0.05) is 16.7 Å². The van der Waals surface area contributed by atoms with E-state index in [4.69, 9.17) is 9.97 Å². The number of rotatable bonds is 5. The molecule has 1 heterocycles. The van der Waals surface area contributed by atoms with Gasteiger partial charge in [-0.05, 0) is 72.8 Å². The summed E-state index contributed by atoms with van der Waals surface area (Å²) in [6.45, 7) is 0. The van der Waals surface area contributed by atoms with Crippen molar-refractivity contribution < 1.29 is 0 Å². The first-order valence-electron chi connectivity index (χ1n) is 18.9. The van der Waals surface area contributed by atoms with E-state index in [2.05, 4.69) is 170 Å². The summed E-state index contributed by atoms with van der Waals surface area (Å²) in [6, 6.07) is 74.3. The van der Waals surface area contributed by atoms with Crippen molar-refractivity contribution in [2.45, 2.75) is 5.41 Å². The van der Waals surface area contributed by atoms with Crippen molar-refractivity contribution in [2.75, 3.05) is 0 Å². The van der Waals surface area contributed by atoms with Crippen LogP contribution in [0.15, 0.2) is 206 Å². The maximum atomic E-state index is 5.03.